The third-order valence-electron chi connectivity index (χ3n) is 1.83. The van der Waals surface area contributed by atoms with Crippen molar-refractivity contribution in [1.82, 2.24) is 0 Å². The zero-order chi connectivity index (χ0) is 9.94. The second-order valence-electron chi connectivity index (χ2n) is 3.51. The highest BCUT2D eigenvalue weighted by molar-refractivity contribution is 5.71. The SMILES string of the molecule is CC(C)=CC(C)(O)C(C)C(=O)O. The van der Waals surface area contributed by atoms with Crippen LogP contribution in [-0.4, -0.2) is 21.8 Å². The summed E-state index contributed by atoms with van der Waals surface area (Å²) in [5.41, 5.74) is -0.349. The van der Waals surface area contributed by atoms with Gasteiger partial charge in [0.25, 0.3) is 0 Å². The van der Waals surface area contributed by atoms with Crippen LogP contribution >= 0.6 is 0 Å². The third kappa shape index (κ3) is 3.05. The molecular weight excluding hydrogens is 156 g/mol. The van der Waals surface area contributed by atoms with Gasteiger partial charge in [0.1, 0.15) is 0 Å². The Bertz CT molecular complexity index is 200. The molecule has 0 aromatic heterocycles. The molecule has 0 amide bonds. The zero-order valence-corrected chi connectivity index (χ0v) is 7.96. The third-order valence-corrected chi connectivity index (χ3v) is 1.83. The molecule has 0 aliphatic carbocycles. The molecule has 0 aromatic carbocycles. The van der Waals surface area contributed by atoms with E-state index in [1.807, 2.05) is 13.8 Å². The standard InChI is InChI=1S/C9H16O3/c1-6(2)5-9(4,12)7(3)8(10)11/h5,7,12H,1-4H3,(H,10,11). The van der Waals surface area contributed by atoms with Crippen molar-refractivity contribution in [3.8, 4) is 0 Å². The van der Waals surface area contributed by atoms with E-state index in [1.165, 1.54) is 13.8 Å². The Kier molecular flexibility index (Phi) is 3.46. The van der Waals surface area contributed by atoms with Crippen LogP contribution in [0.1, 0.15) is 27.7 Å². The molecule has 0 aliphatic rings. The van der Waals surface area contributed by atoms with Crippen LogP contribution in [0.25, 0.3) is 0 Å². The molecule has 2 N–H and O–H groups in total. The van der Waals surface area contributed by atoms with Crippen LogP contribution in [-0.2, 0) is 4.79 Å². The number of carbonyl (C=O) groups is 1. The topological polar surface area (TPSA) is 57.5 Å². The Morgan fingerprint density at radius 2 is 1.92 bits per heavy atom. The van der Waals surface area contributed by atoms with Gasteiger partial charge in [-0.2, -0.15) is 0 Å². The van der Waals surface area contributed by atoms with Crippen LogP contribution in [0.5, 0.6) is 0 Å². The van der Waals surface area contributed by atoms with Crippen molar-refractivity contribution in [1.29, 1.82) is 0 Å². The summed E-state index contributed by atoms with van der Waals surface area (Å²) in [5, 5.41) is 18.3. The van der Waals surface area contributed by atoms with E-state index in [4.69, 9.17) is 5.11 Å². The summed E-state index contributed by atoms with van der Waals surface area (Å²) in [6.07, 6.45) is 1.56. The molecule has 0 heterocycles. The smallest absolute Gasteiger partial charge is 0.309 e. The maximum atomic E-state index is 10.5. The molecule has 0 radical (unpaired) electrons. The average Bonchev–Trinajstić information content (AvgIpc) is 1.82. The lowest BCUT2D eigenvalue weighted by atomic mass is 9.89. The first-order valence-electron chi connectivity index (χ1n) is 3.88. The van der Waals surface area contributed by atoms with Gasteiger partial charge in [0.05, 0.1) is 11.5 Å². The van der Waals surface area contributed by atoms with Gasteiger partial charge in [-0.3, -0.25) is 4.79 Å². The average molecular weight is 172 g/mol. The lowest BCUT2D eigenvalue weighted by Gasteiger charge is -2.24. The number of hydrogen-bond acceptors (Lipinski definition) is 2. The van der Waals surface area contributed by atoms with Crippen molar-refractivity contribution in [2.24, 2.45) is 5.92 Å². The summed E-state index contributed by atoms with van der Waals surface area (Å²) >= 11 is 0. The molecule has 3 heteroatoms. The monoisotopic (exact) mass is 172 g/mol. The van der Waals surface area contributed by atoms with Gasteiger partial charge >= 0.3 is 5.97 Å². The fourth-order valence-electron chi connectivity index (χ4n) is 0.959. The van der Waals surface area contributed by atoms with Gasteiger partial charge in [0, 0.05) is 0 Å². The summed E-state index contributed by atoms with van der Waals surface area (Å²) in [7, 11) is 0. The molecule has 70 valence electrons. The van der Waals surface area contributed by atoms with E-state index in [0.29, 0.717) is 0 Å². The Morgan fingerprint density at radius 3 is 2.17 bits per heavy atom. The number of carboxylic acids is 1. The highest BCUT2D eigenvalue weighted by Gasteiger charge is 2.31. The lowest BCUT2D eigenvalue weighted by Crippen LogP contribution is -2.35. The Labute approximate surface area is 72.7 Å². The first-order valence-corrected chi connectivity index (χ1v) is 3.88. The fourth-order valence-corrected chi connectivity index (χ4v) is 0.959. The Balaban J connectivity index is 4.61. The van der Waals surface area contributed by atoms with Crippen LogP contribution < -0.4 is 0 Å². The molecule has 0 aromatic rings. The van der Waals surface area contributed by atoms with Gasteiger partial charge in [-0.1, -0.05) is 11.6 Å². The molecule has 0 rings (SSSR count). The largest absolute Gasteiger partial charge is 0.481 e. The van der Waals surface area contributed by atoms with E-state index in [-0.39, 0.29) is 0 Å². The predicted octanol–water partition coefficient (Wildman–Crippen LogP) is 1.42. The van der Waals surface area contributed by atoms with Gasteiger partial charge < -0.3 is 10.2 Å². The zero-order valence-electron chi connectivity index (χ0n) is 7.96. The molecular formula is C9H16O3. The van der Waals surface area contributed by atoms with Crippen LogP contribution in [0, 0.1) is 5.92 Å². The van der Waals surface area contributed by atoms with E-state index in [9.17, 15) is 9.90 Å². The molecule has 12 heavy (non-hydrogen) atoms. The van der Waals surface area contributed by atoms with Gasteiger partial charge in [0.15, 0.2) is 0 Å². The van der Waals surface area contributed by atoms with Crippen LogP contribution in [0.15, 0.2) is 11.6 Å². The minimum absolute atomic E-state index is 0.785. The van der Waals surface area contributed by atoms with Crippen molar-refractivity contribution in [2.75, 3.05) is 0 Å². The Morgan fingerprint density at radius 1 is 1.50 bits per heavy atom. The van der Waals surface area contributed by atoms with E-state index in [1.54, 1.807) is 6.08 Å². The minimum Gasteiger partial charge on any atom is -0.481 e. The number of carboxylic acid groups (broad SMARTS) is 1. The molecule has 0 saturated heterocycles. The first kappa shape index (κ1) is 11.2. The summed E-state index contributed by atoms with van der Waals surface area (Å²) < 4.78 is 0. The van der Waals surface area contributed by atoms with Gasteiger partial charge in [-0.25, -0.2) is 0 Å². The van der Waals surface area contributed by atoms with Crippen molar-refractivity contribution in [2.45, 2.75) is 33.3 Å². The maximum absolute atomic E-state index is 10.5. The van der Waals surface area contributed by atoms with Gasteiger partial charge in [0.2, 0.25) is 0 Å². The summed E-state index contributed by atoms with van der Waals surface area (Å²) in [4.78, 5) is 10.5. The molecule has 0 bridgehead atoms. The van der Waals surface area contributed by atoms with E-state index >= 15 is 0 Å². The van der Waals surface area contributed by atoms with Gasteiger partial charge in [-0.05, 0) is 27.7 Å². The molecule has 0 fully saturated rings. The number of allylic oxidation sites excluding steroid dienone is 1. The van der Waals surface area contributed by atoms with Crippen molar-refractivity contribution in [3.63, 3.8) is 0 Å². The quantitative estimate of drug-likeness (QED) is 0.633. The molecule has 0 aliphatic heterocycles. The highest BCUT2D eigenvalue weighted by atomic mass is 16.4. The number of aliphatic carboxylic acids is 1. The van der Waals surface area contributed by atoms with Crippen molar-refractivity contribution in [3.05, 3.63) is 11.6 Å². The van der Waals surface area contributed by atoms with Crippen LogP contribution in [0.2, 0.25) is 0 Å². The number of hydrogen-bond donors (Lipinski definition) is 2. The van der Waals surface area contributed by atoms with Gasteiger partial charge in [-0.15, -0.1) is 0 Å². The second-order valence-corrected chi connectivity index (χ2v) is 3.51. The normalized spacial score (nSPS) is 17.8. The van der Waals surface area contributed by atoms with Crippen molar-refractivity contribution < 1.29 is 15.0 Å². The van der Waals surface area contributed by atoms with E-state index in [0.717, 1.165) is 5.57 Å². The maximum Gasteiger partial charge on any atom is 0.309 e. The van der Waals surface area contributed by atoms with Crippen LogP contribution in [0.4, 0.5) is 0 Å². The highest BCUT2D eigenvalue weighted by Crippen LogP contribution is 2.20. The van der Waals surface area contributed by atoms with E-state index in [2.05, 4.69) is 0 Å². The summed E-state index contributed by atoms with van der Waals surface area (Å²) in [5.74, 6) is -1.77. The van der Waals surface area contributed by atoms with Crippen LogP contribution in [0.3, 0.4) is 0 Å². The van der Waals surface area contributed by atoms with Crippen molar-refractivity contribution >= 4 is 5.97 Å². The summed E-state index contributed by atoms with van der Waals surface area (Å²) in [6, 6.07) is 0. The molecule has 2 unspecified atom stereocenters. The minimum atomic E-state index is -1.26. The molecule has 3 nitrogen and oxygen atoms in total. The first-order chi connectivity index (χ1) is 5.27. The molecule has 0 saturated carbocycles. The molecule has 0 spiro atoms. The fraction of sp³-hybridized carbons (Fsp3) is 0.667. The second kappa shape index (κ2) is 3.72. The number of aliphatic hydroxyl groups is 1. The Hall–Kier alpha value is -0.830. The molecule has 2 atom stereocenters. The number of rotatable bonds is 3. The lowest BCUT2D eigenvalue weighted by molar-refractivity contribution is -0.147. The predicted molar refractivity (Wildman–Crippen MR) is 46.9 cm³/mol. The summed E-state index contributed by atoms with van der Waals surface area (Å²) in [6.45, 7) is 6.63. The van der Waals surface area contributed by atoms with E-state index < -0.39 is 17.5 Å².